The molecule has 4 rings (SSSR count). The van der Waals surface area contributed by atoms with Crippen LogP contribution in [0, 0.1) is 5.82 Å². The molecular formula is C17H13FN4O2. The van der Waals surface area contributed by atoms with Gasteiger partial charge in [0.2, 0.25) is 0 Å². The van der Waals surface area contributed by atoms with Crippen LogP contribution in [0.3, 0.4) is 0 Å². The number of ether oxygens (including phenoxy) is 1. The highest BCUT2D eigenvalue weighted by Gasteiger charge is 2.11. The number of nitrogens with one attached hydrogen (secondary N) is 1. The lowest BCUT2D eigenvalue weighted by Crippen LogP contribution is -2.22. The average molecular weight is 324 g/mol. The first-order chi connectivity index (χ1) is 11.7. The van der Waals surface area contributed by atoms with Crippen molar-refractivity contribution >= 4 is 21.9 Å². The van der Waals surface area contributed by atoms with Crippen molar-refractivity contribution in [2.75, 3.05) is 7.11 Å². The Kier molecular flexibility index (Phi) is 3.26. The van der Waals surface area contributed by atoms with Gasteiger partial charge in [-0.15, -0.1) is 0 Å². The normalized spacial score (nSPS) is 11.2. The van der Waals surface area contributed by atoms with Gasteiger partial charge < -0.3 is 9.72 Å². The first-order valence-electron chi connectivity index (χ1n) is 7.32. The monoisotopic (exact) mass is 324 g/mol. The summed E-state index contributed by atoms with van der Waals surface area (Å²) in [5.41, 5.74) is 1.47. The number of H-pyrrole nitrogens is 1. The highest BCUT2D eigenvalue weighted by Crippen LogP contribution is 2.19. The minimum absolute atomic E-state index is 0.0159. The molecule has 0 bridgehead atoms. The number of aromatic amines is 1. The summed E-state index contributed by atoms with van der Waals surface area (Å²) < 4.78 is 20.4. The zero-order chi connectivity index (χ0) is 16.7. The second kappa shape index (κ2) is 5.45. The van der Waals surface area contributed by atoms with Gasteiger partial charge in [0.1, 0.15) is 22.8 Å². The number of fused-ring (bicyclic) bond motifs is 2. The van der Waals surface area contributed by atoms with Gasteiger partial charge in [0.25, 0.3) is 5.56 Å². The summed E-state index contributed by atoms with van der Waals surface area (Å²) >= 11 is 0. The van der Waals surface area contributed by atoms with Crippen LogP contribution in [0.1, 0.15) is 5.82 Å². The highest BCUT2D eigenvalue weighted by atomic mass is 19.1. The van der Waals surface area contributed by atoms with Gasteiger partial charge in [-0.25, -0.2) is 14.4 Å². The fourth-order valence-electron chi connectivity index (χ4n) is 2.68. The van der Waals surface area contributed by atoms with Crippen molar-refractivity contribution in [3.8, 4) is 5.75 Å². The number of benzene rings is 2. The average Bonchev–Trinajstić information content (AvgIpc) is 2.98. The standard InChI is InChI=1S/C17H13FN4O2/c1-24-10-5-6-12-14(7-10)21-15(20-12)8-22-9-19-13-4-2-3-11(18)16(13)17(22)23/h2-7,9H,8H2,1H3,(H,20,21). The van der Waals surface area contributed by atoms with E-state index >= 15 is 0 Å². The summed E-state index contributed by atoms with van der Waals surface area (Å²) in [4.78, 5) is 24.2. The Morgan fingerprint density at radius 1 is 1.25 bits per heavy atom. The predicted molar refractivity (Wildman–Crippen MR) is 87.7 cm³/mol. The minimum atomic E-state index is -0.575. The van der Waals surface area contributed by atoms with Gasteiger partial charge in [-0.1, -0.05) is 6.07 Å². The lowest BCUT2D eigenvalue weighted by molar-refractivity contribution is 0.415. The largest absolute Gasteiger partial charge is 0.497 e. The number of imidazole rings is 1. The van der Waals surface area contributed by atoms with Crippen LogP contribution in [0.25, 0.3) is 21.9 Å². The number of hydrogen-bond donors (Lipinski definition) is 1. The van der Waals surface area contributed by atoms with E-state index in [4.69, 9.17) is 4.74 Å². The highest BCUT2D eigenvalue weighted by molar-refractivity contribution is 5.78. The van der Waals surface area contributed by atoms with E-state index in [1.165, 1.54) is 23.0 Å². The molecule has 24 heavy (non-hydrogen) atoms. The molecule has 0 saturated heterocycles. The molecule has 0 amide bonds. The Labute approximate surface area is 135 Å². The Morgan fingerprint density at radius 2 is 2.12 bits per heavy atom. The van der Waals surface area contributed by atoms with E-state index in [1.807, 2.05) is 18.2 Å². The molecule has 0 aliphatic carbocycles. The Morgan fingerprint density at radius 3 is 2.96 bits per heavy atom. The Balaban J connectivity index is 1.78. The van der Waals surface area contributed by atoms with E-state index in [-0.39, 0.29) is 11.9 Å². The van der Waals surface area contributed by atoms with Crippen LogP contribution in [0.4, 0.5) is 4.39 Å². The van der Waals surface area contributed by atoms with Crippen LogP contribution >= 0.6 is 0 Å². The van der Waals surface area contributed by atoms with E-state index in [9.17, 15) is 9.18 Å². The number of methoxy groups -OCH3 is 1. The summed E-state index contributed by atoms with van der Waals surface area (Å²) in [7, 11) is 1.59. The molecule has 6 nitrogen and oxygen atoms in total. The van der Waals surface area contributed by atoms with Crippen LogP contribution in [0.2, 0.25) is 0 Å². The maximum atomic E-state index is 13.9. The fraction of sp³-hybridized carbons (Fsp3) is 0.118. The SMILES string of the molecule is COc1ccc2nc(Cn3cnc4cccc(F)c4c3=O)[nH]c2c1. The number of aromatic nitrogens is 4. The zero-order valence-corrected chi connectivity index (χ0v) is 12.8. The van der Waals surface area contributed by atoms with Crippen molar-refractivity contribution in [1.82, 2.24) is 19.5 Å². The van der Waals surface area contributed by atoms with Crippen LogP contribution in [-0.2, 0) is 6.54 Å². The topological polar surface area (TPSA) is 72.8 Å². The zero-order valence-electron chi connectivity index (χ0n) is 12.8. The molecule has 2 aromatic carbocycles. The lowest BCUT2D eigenvalue weighted by Gasteiger charge is -2.05. The van der Waals surface area contributed by atoms with Crippen molar-refractivity contribution in [2.24, 2.45) is 0 Å². The number of nitrogens with zero attached hydrogens (tertiary/aromatic N) is 3. The summed E-state index contributed by atoms with van der Waals surface area (Å²) in [6.07, 6.45) is 1.40. The van der Waals surface area contributed by atoms with Gasteiger partial charge in [-0.3, -0.25) is 9.36 Å². The maximum absolute atomic E-state index is 13.9. The molecule has 2 heterocycles. The lowest BCUT2D eigenvalue weighted by atomic mass is 10.2. The first-order valence-corrected chi connectivity index (χ1v) is 7.32. The van der Waals surface area contributed by atoms with E-state index < -0.39 is 11.4 Å². The molecule has 120 valence electrons. The van der Waals surface area contributed by atoms with Crippen molar-refractivity contribution in [3.63, 3.8) is 0 Å². The predicted octanol–water partition coefficient (Wildman–Crippen LogP) is 2.47. The molecule has 0 fully saturated rings. The molecule has 1 N–H and O–H groups in total. The maximum Gasteiger partial charge on any atom is 0.264 e. The first kappa shape index (κ1) is 14.4. The second-order valence-electron chi connectivity index (χ2n) is 5.38. The third kappa shape index (κ3) is 2.30. The van der Waals surface area contributed by atoms with Crippen LogP contribution in [0.15, 0.2) is 47.5 Å². The molecule has 0 atom stereocenters. The van der Waals surface area contributed by atoms with Gasteiger partial charge in [-0.05, 0) is 24.3 Å². The molecule has 2 aromatic heterocycles. The molecule has 4 aromatic rings. The van der Waals surface area contributed by atoms with Crippen LogP contribution < -0.4 is 10.3 Å². The smallest absolute Gasteiger partial charge is 0.264 e. The summed E-state index contributed by atoms with van der Waals surface area (Å²) in [6.45, 7) is 0.174. The van der Waals surface area contributed by atoms with Crippen molar-refractivity contribution in [2.45, 2.75) is 6.54 Å². The fourth-order valence-corrected chi connectivity index (χ4v) is 2.68. The Bertz CT molecular complexity index is 1120. The third-order valence-corrected chi connectivity index (χ3v) is 3.86. The minimum Gasteiger partial charge on any atom is -0.497 e. The molecule has 0 radical (unpaired) electrons. The molecule has 7 heteroatoms. The molecule has 0 aliphatic rings. The van der Waals surface area contributed by atoms with E-state index in [1.54, 1.807) is 13.2 Å². The van der Waals surface area contributed by atoms with Gasteiger partial charge in [0.15, 0.2) is 0 Å². The van der Waals surface area contributed by atoms with Gasteiger partial charge >= 0.3 is 0 Å². The molecule has 0 aliphatic heterocycles. The van der Waals surface area contributed by atoms with Gasteiger partial charge in [-0.2, -0.15) is 0 Å². The van der Waals surface area contributed by atoms with Gasteiger partial charge in [0.05, 0.1) is 36.5 Å². The quantitative estimate of drug-likeness (QED) is 0.628. The number of halogens is 1. The second-order valence-corrected chi connectivity index (χ2v) is 5.38. The third-order valence-electron chi connectivity index (χ3n) is 3.86. The van der Waals surface area contributed by atoms with Crippen LogP contribution in [-0.4, -0.2) is 26.6 Å². The van der Waals surface area contributed by atoms with Crippen LogP contribution in [0.5, 0.6) is 5.75 Å². The Hall–Kier alpha value is -3.22. The van der Waals surface area contributed by atoms with Gasteiger partial charge in [0, 0.05) is 6.07 Å². The van der Waals surface area contributed by atoms with Crippen molar-refractivity contribution < 1.29 is 9.13 Å². The number of rotatable bonds is 3. The van der Waals surface area contributed by atoms with Crippen molar-refractivity contribution in [1.29, 1.82) is 0 Å². The van der Waals surface area contributed by atoms with E-state index in [2.05, 4.69) is 15.0 Å². The molecular weight excluding hydrogens is 311 g/mol. The molecule has 0 unspecified atom stereocenters. The number of hydrogen-bond acceptors (Lipinski definition) is 4. The molecule has 0 saturated carbocycles. The summed E-state index contributed by atoms with van der Waals surface area (Å²) in [5.74, 6) is 0.718. The summed E-state index contributed by atoms with van der Waals surface area (Å²) in [5, 5.41) is -0.0159. The van der Waals surface area contributed by atoms with Crippen molar-refractivity contribution in [3.05, 3.63) is 64.7 Å². The van der Waals surface area contributed by atoms with E-state index in [0.29, 0.717) is 17.1 Å². The summed E-state index contributed by atoms with van der Waals surface area (Å²) in [6, 6.07) is 9.86. The molecule has 0 spiro atoms. The van der Waals surface area contributed by atoms with E-state index in [0.717, 1.165) is 11.0 Å².